The Hall–Kier alpha value is -3.52. The second-order valence-electron chi connectivity index (χ2n) is 9.08. The van der Waals surface area contributed by atoms with Crippen molar-refractivity contribution in [2.45, 2.75) is 64.6 Å². The van der Waals surface area contributed by atoms with E-state index < -0.39 is 23.8 Å². The first-order chi connectivity index (χ1) is 17.0. The van der Waals surface area contributed by atoms with Gasteiger partial charge in [0.05, 0.1) is 11.1 Å². The van der Waals surface area contributed by atoms with Gasteiger partial charge < -0.3 is 10.6 Å². The third-order valence-corrected chi connectivity index (χ3v) is 6.51. The zero-order valence-corrected chi connectivity index (χ0v) is 20.1. The van der Waals surface area contributed by atoms with E-state index in [2.05, 4.69) is 35.0 Å². The number of hydrogen-bond acceptors (Lipinski definition) is 6. The largest absolute Gasteiger partial charge is 0.380 e. The minimum Gasteiger partial charge on any atom is -0.380 e. The van der Waals surface area contributed by atoms with Gasteiger partial charge in [-0.2, -0.15) is 0 Å². The minimum atomic E-state index is -0.972. The average Bonchev–Trinajstić information content (AvgIpc) is 3.11. The number of hydrogen-bond donors (Lipinski definition) is 3. The number of benzene rings is 2. The maximum Gasteiger partial charge on any atom is 0.264 e. The van der Waals surface area contributed by atoms with Crippen LogP contribution < -0.4 is 16.0 Å². The van der Waals surface area contributed by atoms with Gasteiger partial charge in [0.2, 0.25) is 11.8 Å². The van der Waals surface area contributed by atoms with Crippen LogP contribution in [0, 0.1) is 0 Å². The van der Waals surface area contributed by atoms with Crippen LogP contribution in [0.1, 0.15) is 77.3 Å². The van der Waals surface area contributed by atoms with Crippen molar-refractivity contribution in [3.63, 3.8) is 0 Å². The summed E-state index contributed by atoms with van der Waals surface area (Å²) >= 11 is 0. The predicted molar refractivity (Wildman–Crippen MR) is 133 cm³/mol. The summed E-state index contributed by atoms with van der Waals surface area (Å²) in [7, 11) is 0. The molecule has 2 aliphatic rings. The average molecular weight is 477 g/mol. The van der Waals surface area contributed by atoms with Crippen LogP contribution in [0.5, 0.6) is 0 Å². The van der Waals surface area contributed by atoms with Crippen LogP contribution in [-0.4, -0.2) is 41.1 Å². The molecule has 2 aromatic rings. The summed E-state index contributed by atoms with van der Waals surface area (Å²) in [6.45, 7) is 4.55. The summed E-state index contributed by atoms with van der Waals surface area (Å²) in [6, 6.07) is 12.4. The standard InChI is InChI=1S/C27H32N4O4/c1-2-3-4-5-15-28-16-18-9-11-19(12-10-18)17-29-21-8-6-7-20-24(21)27(35)31(26(20)34)22-13-14-23(32)30-25(22)33/h6-12,22,28-29H,2-5,13-17H2,1H3,(H,30,32,33). The molecule has 1 fully saturated rings. The smallest absolute Gasteiger partial charge is 0.264 e. The van der Waals surface area contributed by atoms with Crippen LogP contribution in [0.4, 0.5) is 5.69 Å². The van der Waals surface area contributed by atoms with E-state index in [9.17, 15) is 19.2 Å². The molecule has 0 aromatic heterocycles. The first kappa shape index (κ1) is 24.6. The van der Waals surface area contributed by atoms with Gasteiger partial charge in [-0.1, -0.05) is 56.5 Å². The first-order valence-electron chi connectivity index (χ1n) is 12.4. The summed E-state index contributed by atoms with van der Waals surface area (Å²) in [5.74, 6) is -2.02. The quantitative estimate of drug-likeness (QED) is 0.339. The molecule has 184 valence electrons. The van der Waals surface area contributed by atoms with Crippen molar-refractivity contribution >= 4 is 29.3 Å². The van der Waals surface area contributed by atoms with Gasteiger partial charge in [0.25, 0.3) is 11.8 Å². The number of anilines is 1. The number of nitrogens with zero attached hydrogens (tertiary/aromatic N) is 1. The lowest BCUT2D eigenvalue weighted by Gasteiger charge is -2.27. The van der Waals surface area contributed by atoms with Crippen molar-refractivity contribution in [1.82, 2.24) is 15.5 Å². The Morgan fingerprint density at radius 3 is 2.37 bits per heavy atom. The van der Waals surface area contributed by atoms with E-state index in [1.165, 1.54) is 31.2 Å². The van der Waals surface area contributed by atoms with Gasteiger partial charge in [0.1, 0.15) is 6.04 Å². The van der Waals surface area contributed by atoms with Crippen LogP contribution >= 0.6 is 0 Å². The SMILES string of the molecule is CCCCCCNCc1ccc(CNc2cccc3c2C(=O)N(C2CCC(=O)NC2=O)C3=O)cc1. The van der Waals surface area contributed by atoms with Gasteiger partial charge in [-0.05, 0) is 42.6 Å². The first-order valence-corrected chi connectivity index (χ1v) is 12.4. The molecule has 1 saturated heterocycles. The molecule has 2 aromatic carbocycles. The van der Waals surface area contributed by atoms with E-state index in [1.807, 2.05) is 12.1 Å². The summed E-state index contributed by atoms with van der Waals surface area (Å²) < 4.78 is 0. The zero-order chi connectivity index (χ0) is 24.8. The fourth-order valence-corrected chi connectivity index (χ4v) is 4.54. The van der Waals surface area contributed by atoms with Crippen LogP contribution in [-0.2, 0) is 22.7 Å². The van der Waals surface area contributed by atoms with Crippen LogP contribution in [0.25, 0.3) is 0 Å². The topological polar surface area (TPSA) is 108 Å². The van der Waals surface area contributed by atoms with Gasteiger partial charge in [-0.15, -0.1) is 0 Å². The molecule has 0 aliphatic carbocycles. The second kappa shape index (κ2) is 11.3. The van der Waals surface area contributed by atoms with Gasteiger partial charge >= 0.3 is 0 Å². The van der Waals surface area contributed by atoms with E-state index in [0.717, 1.165) is 23.6 Å². The number of piperidine rings is 1. The van der Waals surface area contributed by atoms with Crippen molar-refractivity contribution in [1.29, 1.82) is 0 Å². The number of fused-ring (bicyclic) bond motifs is 1. The number of imide groups is 2. The predicted octanol–water partition coefficient (Wildman–Crippen LogP) is 3.37. The van der Waals surface area contributed by atoms with Gasteiger partial charge in [0.15, 0.2) is 0 Å². The molecule has 4 amide bonds. The fourth-order valence-electron chi connectivity index (χ4n) is 4.54. The molecule has 0 spiro atoms. The molecule has 1 unspecified atom stereocenters. The number of unbranched alkanes of at least 4 members (excludes halogenated alkanes) is 3. The summed E-state index contributed by atoms with van der Waals surface area (Å²) in [5, 5.41) is 8.97. The van der Waals surface area contributed by atoms with Crippen molar-refractivity contribution in [2.75, 3.05) is 11.9 Å². The Balaban J connectivity index is 1.37. The molecule has 0 bridgehead atoms. The lowest BCUT2D eigenvalue weighted by atomic mass is 10.0. The van der Waals surface area contributed by atoms with E-state index in [0.29, 0.717) is 12.2 Å². The van der Waals surface area contributed by atoms with E-state index in [-0.39, 0.29) is 29.9 Å². The molecule has 2 heterocycles. The molecular weight excluding hydrogens is 444 g/mol. The number of amides is 4. The molecule has 8 nitrogen and oxygen atoms in total. The Bertz CT molecular complexity index is 1110. The normalized spacial score (nSPS) is 17.5. The zero-order valence-electron chi connectivity index (χ0n) is 20.1. The van der Waals surface area contributed by atoms with Crippen LogP contribution in [0.3, 0.4) is 0 Å². The molecule has 35 heavy (non-hydrogen) atoms. The fraction of sp³-hybridized carbons (Fsp3) is 0.407. The molecule has 3 N–H and O–H groups in total. The van der Waals surface area contributed by atoms with Gasteiger partial charge in [0, 0.05) is 25.2 Å². The minimum absolute atomic E-state index is 0.0965. The van der Waals surface area contributed by atoms with E-state index in [4.69, 9.17) is 0 Å². The Morgan fingerprint density at radius 2 is 1.66 bits per heavy atom. The Kier molecular flexibility index (Phi) is 7.92. The molecule has 1 atom stereocenters. The molecule has 4 rings (SSSR count). The highest BCUT2D eigenvalue weighted by Gasteiger charge is 2.45. The number of nitrogens with one attached hydrogen (secondary N) is 3. The third-order valence-electron chi connectivity index (χ3n) is 6.51. The molecule has 0 radical (unpaired) electrons. The summed E-state index contributed by atoms with van der Waals surface area (Å²) in [4.78, 5) is 50.9. The lowest BCUT2D eigenvalue weighted by Crippen LogP contribution is -2.54. The highest BCUT2D eigenvalue weighted by molar-refractivity contribution is 6.25. The van der Waals surface area contributed by atoms with Gasteiger partial charge in [-0.3, -0.25) is 29.4 Å². The van der Waals surface area contributed by atoms with E-state index >= 15 is 0 Å². The maximum absolute atomic E-state index is 13.2. The van der Waals surface area contributed by atoms with E-state index in [1.54, 1.807) is 18.2 Å². The molecule has 8 heteroatoms. The van der Waals surface area contributed by atoms with Crippen molar-refractivity contribution in [3.8, 4) is 0 Å². The van der Waals surface area contributed by atoms with Crippen molar-refractivity contribution < 1.29 is 19.2 Å². The van der Waals surface area contributed by atoms with Crippen LogP contribution in [0.2, 0.25) is 0 Å². The Morgan fingerprint density at radius 1 is 0.914 bits per heavy atom. The summed E-state index contributed by atoms with van der Waals surface area (Å²) in [5.41, 5.74) is 3.35. The lowest BCUT2D eigenvalue weighted by molar-refractivity contribution is -0.136. The monoisotopic (exact) mass is 476 g/mol. The maximum atomic E-state index is 13.2. The highest BCUT2D eigenvalue weighted by Crippen LogP contribution is 2.32. The highest BCUT2D eigenvalue weighted by atomic mass is 16.2. The number of carbonyl (C=O) groups is 4. The molecule has 0 saturated carbocycles. The van der Waals surface area contributed by atoms with Gasteiger partial charge in [-0.25, -0.2) is 0 Å². The Labute approximate surface area is 205 Å². The number of rotatable bonds is 11. The second-order valence-corrected chi connectivity index (χ2v) is 9.08. The van der Waals surface area contributed by atoms with Crippen molar-refractivity contribution in [3.05, 3.63) is 64.7 Å². The molecule has 2 aliphatic heterocycles. The number of carbonyl (C=O) groups excluding carboxylic acids is 4. The van der Waals surface area contributed by atoms with Crippen LogP contribution in [0.15, 0.2) is 42.5 Å². The summed E-state index contributed by atoms with van der Waals surface area (Å²) in [6.07, 6.45) is 5.21. The van der Waals surface area contributed by atoms with Crippen molar-refractivity contribution in [2.24, 2.45) is 0 Å². The molecular formula is C27H32N4O4. The third kappa shape index (κ3) is 5.59.